The molecule has 0 radical (unpaired) electrons. The molecule has 106 valence electrons. The van der Waals surface area contributed by atoms with Gasteiger partial charge in [0.25, 0.3) is 5.69 Å². The molecular formula is C11H13ClFNO4S. The maximum Gasteiger partial charge on any atom is 0.290 e. The molecule has 1 aromatic rings. The number of nitro groups is 1. The maximum absolute atomic E-state index is 13.3. The molecule has 1 aromatic carbocycles. The summed E-state index contributed by atoms with van der Waals surface area (Å²) in [7, 11) is -3.91. The predicted octanol–water partition coefficient (Wildman–Crippen LogP) is 2.83. The average molecular weight is 310 g/mol. The fourth-order valence-corrected chi connectivity index (χ4v) is 3.63. The molecule has 1 rings (SSSR count). The summed E-state index contributed by atoms with van der Waals surface area (Å²) in [5.41, 5.74) is -0.702. The smallest absolute Gasteiger partial charge is 0.258 e. The molecular weight excluding hydrogens is 297 g/mol. The van der Waals surface area contributed by atoms with Crippen molar-refractivity contribution in [3.63, 3.8) is 0 Å². The van der Waals surface area contributed by atoms with Gasteiger partial charge in [-0.25, -0.2) is 12.8 Å². The first-order chi connectivity index (χ1) is 8.71. The van der Waals surface area contributed by atoms with Crippen LogP contribution in [0.15, 0.2) is 17.0 Å². The second-order valence-electron chi connectivity index (χ2n) is 4.16. The van der Waals surface area contributed by atoms with Gasteiger partial charge in [0.1, 0.15) is 10.7 Å². The molecule has 0 aliphatic carbocycles. The number of halogens is 2. The lowest BCUT2D eigenvalue weighted by molar-refractivity contribution is -0.388. The molecule has 0 aliphatic rings. The van der Waals surface area contributed by atoms with E-state index in [1.165, 1.54) is 13.8 Å². The molecule has 0 bridgehead atoms. The van der Waals surface area contributed by atoms with E-state index in [1.807, 2.05) is 0 Å². The van der Waals surface area contributed by atoms with Crippen LogP contribution in [-0.4, -0.2) is 24.5 Å². The van der Waals surface area contributed by atoms with Crippen molar-refractivity contribution in [3.05, 3.63) is 33.6 Å². The van der Waals surface area contributed by atoms with Crippen molar-refractivity contribution in [1.29, 1.82) is 0 Å². The second-order valence-corrected chi connectivity index (χ2v) is 6.87. The van der Waals surface area contributed by atoms with Gasteiger partial charge in [-0.1, -0.05) is 0 Å². The molecule has 0 N–H and O–H groups in total. The van der Waals surface area contributed by atoms with E-state index in [2.05, 4.69) is 0 Å². The van der Waals surface area contributed by atoms with E-state index in [4.69, 9.17) is 11.6 Å². The molecule has 0 amide bonds. The summed E-state index contributed by atoms with van der Waals surface area (Å²) in [6.45, 7) is 2.77. The van der Waals surface area contributed by atoms with Crippen LogP contribution in [0.4, 0.5) is 10.1 Å². The number of alkyl halides is 1. The summed E-state index contributed by atoms with van der Waals surface area (Å²) in [5.74, 6) is -0.690. The monoisotopic (exact) mass is 309 g/mol. The summed E-state index contributed by atoms with van der Waals surface area (Å²) in [5, 5.41) is 9.99. The zero-order valence-electron chi connectivity index (χ0n) is 10.4. The summed E-state index contributed by atoms with van der Waals surface area (Å²) in [6, 6.07) is 1.63. The number of rotatable bonds is 5. The third-order valence-corrected chi connectivity index (χ3v) is 5.24. The molecule has 0 fully saturated rings. The van der Waals surface area contributed by atoms with Gasteiger partial charge in [0.05, 0.1) is 16.2 Å². The zero-order chi connectivity index (χ0) is 14.8. The number of benzene rings is 1. The van der Waals surface area contributed by atoms with Gasteiger partial charge in [-0.2, -0.15) is 0 Å². The Morgan fingerprint density at radius 1 is 1.47 bits per heavy atom. The number of nitrogens with zero attached hydrogens (tertiary/aromatic N) is 1. The first kappa shape index (κ1) is 15.8. The van der Waals surface area contributed by atoms with Crippen molar-refractivity contribution < 1.29 is 17.7 Å². The van der Waals surface area contributed by atoms with E-state index < -0.39 is 36.4 Å². The lowest BCUT2D eigenvalue weighted by Gasteiger charge is -2.12. The average Bonchev–Trinajstić information content (AvgIpc) is 2.31. The Bertz CT molecular complexity index is 603. The molecule has 5 nitrogen and oxygen atoms in total. The topological polar surface area (TPSA) is 77.3 Å². The maximum atomic E-state index is 13.3. The Kier molecular flexibility index (Phi) is 4.86. The highest BCUT2D eigenvalue weighted by atomic mass is 35.5. The lowest BCUT2D eigenvalue weighted by Crippen LogP contribution is -2.20. The molecule has 0 spiro atoms. The fraction of sp³-hybridized carbons (Fsp3) is 0.455. The van der Waals surface area contributed by atoms with Crippen LogP contribution in [0.2, 0.25) is 0 Å². The largest absolute Gasteiger partial charge is 0.290 e. The Hall–Kier alpha value is -1.21. The normalized spacial score (nSPS) is 13.3. The van der Waals surface area contributed by atoms with Crippen molar-refractivity contribution in [2.75, 3.05) is 5.88 Å². The zero-order valence-corrected chi connectivity index (χ0v) is 12.0. The van der Waals surface area contributed by atoms with E-state index in [9.17, 15) is 22.9 Å². The van der Waals surface area contributed by atoms with Crippen molar-refractivity contribution in [1.82, 2.24) is 0 Å². The van der Waals surface area contributed by atoms with Gasteiger partial charge < -0.3 is 0 Å². The fourth-order valence-electron chi connectivity index (χ4n) is 1.54. The molecule has 0 saturated carbocycles. The molecule has 8 heteroatoms. The van der Waals surface area contributed by atoms with Gasteiger partial charge >= 0.3 is 0 Å². The molecule has 0 aliphatic heterocycles. The van der Waals surface area contributed by atoms with E-state index in [1.54, 1.807) is 0 Å². The molecule has 0 heterocycles. The highest BCUT2D eigenvalue weighted by Crippen LogP contribution is 2.30. The Labute approximate surface area is 115 Å². The van der Waals surface area contributed by atoms with Gasteiger partial charge in [0.2, 0.25) is 0 Å². The number of nitro benzene ring substituents is 1. The molecule has 1 atom stereocenters. The third-order valence-electron chi connectivity index (χ3n) is 2.79. The molecule has 0 aromatic heterocycles. The van der Waals surface area contributed by atoms with Crippen LogP contribution in [0, 0.1) is 22.9 Å². The van der Waals surface area contributed by atoms with Crippen LogP contribution >= 0.6 is 11.6 Å². The van der Waals surface area contributed by atoms with Crippen molar-refractivity contribution in [2.24, 2.45) is 0 Å². The minimum atomic E-state index is -3.91. The summed E-state index contributed by atoms with van der Waals surface area (Å²) < 4.78 is 37.8. The molecule has 0 saturated heterocycles. The van der Waals surface area contributed by atoms with Crippen LogP contribution in [0.3, 0.4) is 0 Å². The predicted molar refractivity (Wildman–Crippen MR) is 69.8 cm³/mol. The summed E-state index contributed by atoms with van der Waals surface area (Å²) in [6.07, 6.45) is 0.164. The van der Waals surface area contributed by atoms with Crippen molar-refractivity contribution in [3.8, 4) is 0 Å². The third kappa shape index (κ3) is 3.22. The van der Waals surface area contributed by atoms with Crippen molar-refractivity contribution >= 4 is 27.1 Å². The van der Waals surface area contributed by atoms with Crippen LogP contribution < -0.4 is 0 Å². The quantitative estimate of drug-likeness (QED) is 0.363. The van der Waals surface area contributed by atoms with E-state index in [0.717, 1.165) is 6.07 Å². The minimum Gasteiger partial charge on any atom is -0.258 e. The van der Waals surface area contributed by atoms with Gasteiger partial charge in [-0.3, -0.25) is 10.1 Å². The van der Waals surface area contributed by atoms with E-state index in [0.29, 0.717) is 6.07 Å². The number of sulfone groups is 1. The van der Waals surface area contributed by atoms with E-state index >= 15 is 0 Å². The van der Waals surface area contributed by atoms with Crippen LogP contribution in [0.5, 0.6) is 0 Å². The van der Waals surface area contributed by atoms with Crippen LogP contribution in [0.1, 0.15) is 18.9 Å². The van der Waals surface area contributed by atoms with Gasteiger partial charge in [0.15, 0.2) is 9.84 Å². The van der Waals surface area contributed by atoms with E-state index in [-0.39, 0.29) is 17.9 Å². The minimum absolute atomic E-state index is 0.0437. The Morgan fingerprint density at radius 2 is 2.05 bits per heavy atom. The first-order valence-corrected chi connectivity index (χ1v) is 7.54. The SMILES string of the molecule is Cc1cc(S(=O)(=O)C(C)CCCl)c([N+](=O)[O-])cc1F. The van der Waals surface area contributed by atoms with Crippen LogP contribution in [0.25, 0.3) is 0 Å². The highest BCUT2D eigenvalue weighted by molar-refractivity contribution is 7.92. The number of aryl methyl sites for hydroxylation is 1. The first-order valence-electron chi connectivity index (χ1n) is 5.46. The number of hydrogen-bond donors (Lipinski definition) is 0. The second kappa shape index (κ2) is 5.83. The van der Waals surface area contributed by atoms with Crippen molar-refractivity contribution in [2.45, 2.75) is 30.4 Å². The highest BCUT2D eigenvalue weighted by Gasteiger charge is 2.31. The van der Waals surface area contributed by atoms with Gasteiger partial charge in [-0.05, 0) is 31.9 Å². The Morgan fingerprint density at radius 3 is 2.53 bits per heavy atom. The number of hydrogen-bond acceptors (Lipinski definition) is 4. The Balaban J connectivity index is 3.49. The summed E-state index contributed by atoms with van der Waals surface area (Å²) >= 11 is 5.49. The van der Waals surface area contributed by atoms with Gasteiger partial charge in [0, 0.05) is 5.88 Å². The summed E-state index contributed by atoms with van der Waals surface area (Å²) in [4.78, 5) is 9.50. The van der Waals surface area contributed by atoms with Crippen LogP contribution in [-0.2, 0) is 9.84 Å². The molecule has 19 heavy (non-hydrogen) atoms. The molecule has 1 unspecified atom stereocenters. The standard InChI is InChI=1S/C11H13ClFNO4S/c1-7-5-11(10(14(15)16)6-9(7)13)19(17,18)8(2)3-4-12/h5-6,8H,3-4H2,1-2H3. The lowest BCUT2D eigenvalue weighted by atomic mass is 10.2. The van der Waals surface area contributed by atoms with Gasteiger partial charge in [-0.15, -0.1) is 11.6 Å².